The molecule has 2 atom stereocenters. The van der Waals surface area contributed by atoms with Crippen LogP contribution in [0.1, 0.15) is 19.7 Å². The molecule has 1 aliphatic carbocycles. The summed E-state index contributed by atoms with van der Waals surface area (Å²) in [5.41, 5.74) is -0.194. The molecule has 108 valence electrons. The Morgan fingerprint density at radius 2 is 1.95 bits per heavy atom. The van der Waals surface area contributed by atoms with E-state index in [1.165, 1.54) is 16.2 Å². The molecule has 2 amide bonds. The Balaban J connectivity index is 1.64. The highest BCUT2D eigenvalue weighted by atomic mass is 35.5. The number of halogens is 1. The second-order valence-electron chi connectivity index (χ2n) is 6.11. The van der Waals surface area contributed by atoms with Gasteiger partial charge < -0.3 is 0 Å². The molecular formula is C14H12ClN3O2S. The third kappa shape index (κ3) is 1.69. The number of rotatable bonds is 2. The number of aromatic nitrogens is 2. The van der Waals surface area contributed by atoms with Gasteiger partial charge in [0.2, 0.25) is 11.8 Å². The first kappa shape index (κ1) is 13.2. The zero-order valence-electron chi connectivity index (χ0n) is 11.5. The molecule has 1 saturated heterocycles. The minimum absolute atomic E-state index is 0.105. The zero-order chi connectivity index (χ0) is 14.9. The lowest BCUT2D eigenvalue weighted by Gasteiger charge is -2.19. The number of hydrogen-bond acceptors (Lipinski definition) is 5. The maximum absolute atomic E-state index is 12.3. The van der Waals surface area contributed by atoms with Gasteiger partial charge in [-0.05, 0) is 16.9 Å². The van der Waals surface area contributed by atoms with Gasteiger partial charge in [0.15, 0.2) is 5.82 Å². The topological polar surface area (TPSA) is 63.2 Å². The predicted octanol–water partition coefficient (Wildman–Crippen LogP) is 2.49. The molecule has 0 spiro atoms. The summed E-state index contributed by atoms with van der Waals surface area (Å²) in [7, 11) is 0. The van der Waals surface area contributed by atoms with Crippen LogP contribution in [0, 0.1) is 17.3 Å². The summed E-state index contributed by atoms with van der Waals surface area (Å²) in [6, 6.07) is 1.86. The fraction of sp³-hybridized carbons (Fsp3) is 0.429. The maximum Gasteiger partial charge on any atom is 0.234 e. The van der Waals surface area contributed by atoms with Crippen molar-refractivity contribution in [1.29, 1.82) is 0 Å². The van der Waals surface area contributed by atoms with Crippen molar-refractivity contribution in [2.45, 2.75) is 20.4 Å². The lowest BCUT2D eigenvalue weighted by atomic mass is 10.1. The van der Waals surface area contributed by atoms with E-state index in [9.17, 15) is 9.59 Å². The first-order valence-corrected chi connectivity index (χ1v) is 7.92. The number of amides is 2. The predicted molar refractivity (Wildman–Crippen MR) is 78.7 cm³/mol. The molecule has 3 heterocycles. The van der Waals surface area contributed by atoms with Crippen LogP contribution >= 0.6 is 22.9 Å². The van der Waals surface area contributed by atoms with E-state index in [0.29, 0.717) is 11.0 Å². The van der Waals surface area contributed by atoms with Crippen LogP contribution in [0.4, 0.5) is 0 Å². The molecule has 5 nitrogen and oxygen atoms in total. The van der Waals surface area contributed by atoms with Gasteiger partial charge in [-0.15, -0.1) is 11.3 Å². The molecule has 0 N–H and O–H groups in total. The van der Waals surface area contributed by atoms with Crippen LogP contribution in [0.5, 0.6) is 0 Å². The van der Waals surface area contributed by atoms with Gasteiger partial charge in [0.05, 0.1) is 18.4 Å². The molecule has 7 heteroatoms. The molecule has 2 aliphatic rings. The SMILES string of the molecule is CC1(C)C2C(=O)N(Cc3nc(Cl)c4ccsc4n3)C(=O)C21. The highest BCUT2D eigenvalue weighted by Gasteiger charge is 2.72. The van der Waals surface area contributed by atoms with E-state index < -0.39 is 0 Å². The van der Waals surface area contributed by atoms with Crippen LogP contribution in [-0.4, -0.2) is 26.7 Å². The van der Waals surface area contributed by atoms with Crippen LogP contribution in [0.3, 0.4) is 0 Å². The highest BCUT2D eigenvalue weighted by molar-refractivity contribution is 7.16. The molecular weight excluding hydrogens is 310 g/mol. The van der Waals surface area contributed by atoms with Crippen LogP contribution in [-0.2, 0) is 16.1 Å². The average Bonchev–Trinajstić information content (AvgIpc) is 2.76. The molecule has 21 heavy (non-hydrogen) atoms. The molecule has 0 bridgehead atoms. The molecule has 0 radical (unpaired) electrons. The van der Waals surface area contributed by atoms with E-state index in [2.05, 4.69) is 9.97 Å². The Morgan fingerprint density at radius 1 is 1.29 bits per heavy atom. The quantitative estimate of drug-likeness (QED) is 0.629. The lowest BCUT2D eigenvalue weighted by molar-refractivity contribution is -0.143. The molecule has 2 fully saturated rings. The Bertz CT molecular complexity index is 777. The second kappa shape index (κ2) is 4.01. The van der Waals surface area contributed by atoms with Crippen molar-refractivity contribution in [3.05, 3.63) is 22.4 Å². The van der Waals surface area contributed by atoms with Crippen molar-refractivity contribution in [3.8, 4) is 0 Å². The van der Waals surface area contributed by atoms with E-state index in [-0.39, 0.29) is 35.6 Å². The Kier molecular flexibility index (Phi) is 2.52. The normalized spacial score (nSPS) is 26.5. The fourth-order valence-electron chi connectivity index (χ4n) is 3.23. The summed E-state index contributed by atoms with van der Waals surface area (Å²) in [6.45, 7) is 4.02. The third-order valence-electron chi connectivity index (χ3n) is 4.52. The van der Waals surface area contributed by atoms with Gasteiger partial charge in [-0.25, -0.2) is 9.97 Å². The molecule has 0 aromatic carbocycles. The molecule has 2 aromatic rings. The third-order valence-corrected chi connectivity index (χ3v) is 5.61. The van der Waals surface area contributed by atoms with Gasteiger partial charge in [0, 0.05) is 5.39 Å². The molecule has 1 saturated carbocycles. The summed E-state index contributed by atoms with van der Waals surface area (Å²) in [5.74, 6) is -0.158. The van der Waals surface area contributed by atoms with E-state index in [1.807, 2.05) is 25.3 Å². The zero-order valence-corrected chi connectivity index (χ0v) is 13.0. The van der Waals surface area contributed by atoms with Crippen molar-refractivity contribution < 1.29 is 9.59 Å². The van der Waals surface area contributed by atoms with Crippen LogP contribution in [0.2, 0.25) is 5.15 Å². The Labute approximate surface area is 129 Å². The summed E-state index contributed by atoms with van der Waals surface area (Å²) in [4.78, 5) is 35.2. The fourth-order valence-corrected chi connectivity index (χ4v) is 4.32. The monoisotopic (exact) mass is 321 g/mol. The van der Waals surface area contributed by atoms with Gasteiger partial charge >= 0.3 is 0 Å². The summed E-state index contributed by atoms with van der Waals surface area (Å²) in [5, 5.41) is 3.05. The van der Waals surface area contributed by atoms with Gasteiger partial charge in [-0.2, -0.15) is 0 Å². The summed E-state index contributed by atoms with van der Waals surface area (Å²) < 4.78 is 0. The summed E-state index contributed by atoms with van der Waals surface area (Å²) in [6.07, 6.45) is 0. The largest absolute Gasteiger partial charge is 0.274 e. The van der Waals surface area contributed by atoms with Crippen molar-refractivity contribution in [2.75, 3.05) is 0 Å². The number of piperidine rings is 1. The maximum atomic E-state index is 12.3. The van der Waals surface area contributed by atoms with E-state index in [4.69, 9.17) is 11.6 Å². The van der Waals surface area contributed by atoms with Crippen molar-refractivity contribution in [3.63, 3.8) is 0 Å². The van der Waals surface area contributed by atoms with Gasteiger partial charge in [-0.3, -0.25) is 14.5 Å². The number of thiophene rings is 1. The van der Waals surface area contributed by atoms with Gasteiger partial charge in [0.25, 0.3) is 0 Å². The van der Waals surface area contributed by atoms with Crippen LogP contribution in [0.25, 0.3) is 10.2 Å². The number of hydrogen-bond donors (Lipinski definition) is 0. The number of carbonyl (C=O) groups is 2. The summed E-state index contributed by atoms with van der Waals surface area (Å²) >= 11 is 7.57. The lowest BCUT2D eigenvalue weighted by Crippen LogP contribution is -2.36. The van der Waals surface area contributed by atoms with Crippen molar-refractivity contribution in [1.82, 2.24) is 14.9 Å². The van der Waals surface area contributed by atoms with E-state index >= 15 is 0 Å². The number of nitrogens with zero attached hydrogens (tertiary/aromatic N) is 3. The van der Waals surface area contributed by atoms with Gasteiger partial charge in [0.1, 0.15) is 9.98 Å². The minimum atomic E-state index is -0.194. The molecule has 1 aliphatic heterocycles. The molecule has 2 aromatic heterocycles. The van der Waals surface area contributed by atoms with Crippen LogP contribution in [0.15, 0.2) is 11.4 Å². The number of fused-ring (bicyclic) bond motifs is 2. The highest BCUT2D eigenvalue weighted by Crippen LogP contribution is 2.63. The Morgan fingerprint density at radius 3 is 2.62 bits per heavy atom. The number of carbonyl (C=O) groups excluding carboxylic acids is 2. The number of imide groups is 1. The first-order chi connectivity index (χ1) is 9.91. The standard InChI is InChI=1S/C14H12ClN3O2S/c1-14(2)8-9(14)13(20)18(12(8)19)5-7-16-10(15)6-3-4-21-11(6)17-7/h3-4,8-9H,5H2,1-2H3. The Hall–Kier alpha value is -1.53. The van der Waals surface area contributed by atoms with Crippen molar-refractivity contribution in [2.24, 2.45) is 17.3 Å². The minimum Gasteiger partial charge on any atom is -0.274 e. The van der Waals surface area contributed by atoms with E-state index in [0.717, 1.165) is 10.2 Å². The second-order valence-corrected chi connectivity index (χ2v) is 7.36. The van der Waals surface area contributed by atoms with Crippen LogP contribution < -0.4 is 0 Å². The molecule has 2 unspecified atom stereocenters. The van der Waals surface area contributed by atoms with Crippen molar-refractivity contribution >= 4 is 45.0 Å². The van der Waals surface area contributed by atoms with E-state index in [1.54, 1.807) is 0 Å². The van der Waals surface area contributed by atoms with Gasteiger partial charge in [-0.1, -0.05) is 25.4 Å². The average molecular weight is 322 g/mol. The number of likely N-dealkylation sites (tertiary alicyclic amines) is 1. The molecule has 4 rings (SSSR count). The first-order valence-electron chi connectivity index (χ1n) is 6.66. The smallest absolute Gasteiger partial charge is 0.234 e.